The van der Waals surface area contributed by atoms with Gasteiger partial charge in [0, 0.05) is 55.9 Å². The molecule has 0 saturated carbocycles. The van der Waals surface area contributed by atoms with Crippen LogP contribution in [0.2, 0.25) is 5.02 Å². The van der Waals surface area contributed by atoms with Crippen LogP contribution in [0.25, 0.3) is 0 Å². The summed E-state index contributed by atoms with van der Waals surface area (Å²) < 4.78 is 0. The van der Waals surface area contributed by atoms with Crippen molar-refractivity contribution in [3.05, 3.63) is 29.3 Å². The van der Waals surface area contributed by atoms with E-state index in [2.05, 4.69) is 28.1 Å². The van der Waals surface area contributed by atoms with Gasteiger partial charge in [0.2, 0.25) is 5.91 Å². The van der Waals surface area contributed by atoms with E-state index in [-0.39, 0.29) is 11.9 Å². The first-order valence-corrected chi connectivity index (χ1v) is 8.48. The lowest BCUT2D eigenvalue weighted by Crippen LogP contribution is -2.47. The molecule has 0 bridgehead atoms. The Morgan fingerprint density at radius 3 is 2.68 bits per heavy atom. The highest BCUT2D eigenvalue weighted by Crippen LogP contribution is 2.20. The minimum atomic E-state index is 0.159. The van der Waals surface area contributed by atoms with E-state index in [9.17, 15) is 4.79 Å². The molecule has 1 fully saturated rings. The Balaban J connectivity index is 1.72. The molecule has 1 saturated heterocycles. The molecule has 22 heavy (non-hydrogen) atoms. The molecule has 1 N–H and O–H groups in total. The maximum absolute atomic E-state index is 11.8. The summed E-state index contributed by atoms with van der Waals surface area (Å²) in [6.07, 6.45) is 1.56. The van der Waals surface area contributed by atoms with E-state index in [4.69, 9.17) is 11.6 Å². The summed E-state index contributed by atoms with van der Waals surface area (Å²) in [6.45, 7) is 8.90. The average molecular weight is 324 g/mol. The number of piperazine rings is 1. The third-order valence-electron chi connectivity index (χ3n) is 4.22. The summed E-state index contributed by atoms with van der Waals surface area (Å²) in [5, 5.41) is 3.80. The summed E-state index contributed by atoms with van der Waals surface area (Å²) in [7, 11) is 0. The van der Waals surface area contributed by atoms with Crippen molar-refractivity contribution in [1.82, 2.24) is 10.2 Å². The summed E-state index contributed by atoms with van der Waals surface area (Å²) in [4.78, 5) is 16.5. The smallest absolute Gasteiger partial charge is 0.221 e. The van der Waals surface area contributed by atoms with Crippen molar-refractivity contribution in [2.75, 3.05) is 37.6 Å². The molecule has 1 heterocycles. The first-order chi connectivity index (χ1) is 10.6. The number of carbonyl (C=O) groups excluding carboxylic acids is 1. The topological polar surface area (TPSA) is 35.6 Å². The Morgan fingerprint density at radius 2 is 2.05 bits per heavy atom. The van der Waals surface area contributed by atoms with E-state index in [0.29, 0.717) is 6.42 Å². The maximum atomic E-state index is 11.8. The predicted octanol–water partition coefficient (Wildman–Crippen LogP) is 2.77. The highest BCUT2D eigenvalue weighted by atomic mass is 35.5. The highest BCUT2D eigenvalue weighted by molar-refractivity contribution is 6.30. The first-order valence-electron chi connectivity index (χ1n) is 8.10. The lowest BCUT2D eigenvalue weighted by molar-refractivity contribution is -0.122. The molecular formula is C17H26ClN3O. The van der Waals surface area contributed by atoms with Gasteiger partial charge in [-0.15, -0.1) is 0 Å². The van der Waals surface area contributed by atoms with Gasteiger partial charge in [-0.25, -0.2) is 0 Å². The second kappa shape index (κ2) is 8.39. The van der Waals surface area contributed by atoms with Crippen LogP contribution in [0, 0.1) is 0 Å². The average Bonchev–Trinajstić information content (AvgIpc) is 2.53. The first kappa shape index (κ1) is 17.1. The van der Waals surface area contributed by atoms with Gasteiger partial charge in [-0.05, 0) is 31.5 Å². The molecule has 1 amide bonds. The number of carbonyl (C=O) groups is 1. The molecule has 122 valence electrons. The standard InChI is InChI=1S/C17H26ClN3O/c1-3-14(2)19-17(22)7-8-20-9-11-21(12-10-20)16-6-4-5-15(18)13-16/h4-6,13-14H,3,7-12H2,1-2H3,(H,19,22). The lowest BCUT2D eigenvalue weighted by Gasteiger charge is -2.36. The van der Waals surface area contributed by atoms with Gasteiger partial charge in [-0.1, -0.05) is 24.6 Å². The van der Waals surface area contributed by atoms with Crippen molar-refractivity contribution in [1.29, 1.82) is 0 Å². The SMILES string of the molecule is CCC(C)NC(=O)CCN1CCN(c2cccc(Cl)c2)CC1. The van der Waals surface area contributed by atoms with Crippen LogP contribution < -0.4 is 10.2 Å². The second-order valence-corrected chi connectivity index (χ2v) is 6.37. The fraction of sp³-hybridized carbons (Fsp3) is 0.588. The number of hydrogen-bond acceptors (Lipinski definition) is 3. The van der Waals surface area contributed by atoms with Crippen molar-refractivity contribution in [2.45, 2.75) is 32.7 Å². The number of nitrogens with one attached hydrogen (secondary N) is 1. The van der Waals surface area contributed by atoms with Crippen LogP contribution in [0.5, 0.6) is 0 Å². The van der Waals surface area contributed by atoms with Gasteiger partial charge in [-0.2, -0.15) is 0 Å². The van der Waals surface area contributed by atoms with E-state index >= 15 is 0 Å². The monoisotopic (exact) mass is 323 g/mol. The molecule has 0 aliphatic carbocycles. The number of hydrogen-bond donors (Lipinski definition) is 1. The fourth-order valence-electron chi connectivity index (χ4n) is 2.61. The minimum Gasteiger partial charge on any atom is -0.369 e. The molecule has 4 nitrogen and oxygen atoms in total. The number of amides is 1. The van der Waals surface area contributed by atoms with Crippen LogP contribution in [0.4, 0.5) is 5.69 Å². The number of rotatable bonds is 6. The Morgan fingerprint density at radius 1 is 1.32 bits per heavy atom. The predicted molar refractivity (Wildman–Crippen MR) is 92.6 cm³/mol. The van der Waals surface area contributed by atoms with E-state index < -0.39 is 0 Å². The van der Waals surface area contributed by atoms with Crippen LogP contribution in [-0.2, 0) is 4.79 Å². The Hall–Kier alpha value is -1.26. The lowest BCUT2D eigenvalue weighted by atomic mass is 10.2. The molecular weight excluding hydrogens is 298 g/mol. The van der Waals surface area contributed by atoms with Crippen LogP contribution >= 0.6 is 11.6 Å². The minimum absolute atomic E-state index is 0.159. The molecule has 1 aliphatic rings. The number of anilines is 1. The van der Waals surface area contributed by atoms with E-state index in [1.54, 1.807) is 0 Å². The highest BCUT2D eigenvalue weighted by Gasteiger charge is 2.18. The zero-order valence-electron chi connectivity index (χ0n) is 13.5. The van der Waals surface area contributed by atoms with Gasteiger partial charge >= 0.3 is 0 Å². The van der Waals surface area contributed by atoms with Gasteiger partial charge in [-0.3, -0.25) is 9.69 Å². The summed E-state index contributed by atoms with van der Waals surface area (Å²) >= 11 is 6.05. The van der Waals surface area contributed by atoms with E-state index in [0.717, 1.165) is 44.2 Å². The van der Waals surface area contributed by atoms with E-state index in [1.807, 2.05) is 25.1 Å². The number of nitrogens with zero attached hydrogens (tertiary/aromatic N) is 2. The molecule has 5 heteroatoms. The van der Waals surface area contributed by atoms with Crippen molar-refractivity contribution in [2.24, 2.45) is 0 Å². The molecule has 1 atom stereocenters. The zero-order chi connectivity index (χ0) is 15.9. The van der Waals surface area contributed by atoms with Gasteiger partial charge in [0.1, 0.15) is 0 Å². The Bertz CT molecular complexity index is 487. The third-order valence-corrected chi connectivity index (χ3v) is 4.46. The van der Waals surface area contributed by atoms with Crippen molar-refractivity contribution >= 4 is 23.2 Å². The second-order valence-electron chi connectivity index (χ2n) is 5.94. The van der Waals surface area contributed by atoms with Gasteiger partial charge < -0.3 is 10.2 Å². The molecule has 1 unspecified atom stereocenters. The largest absolute Gasteiger partial charge is 0.369 e. The summed E-state index contributed by atoms with van der Waals surface area (Å²) in [5.74, 6) is 0.159. The third kappa shape index (κ3) is 5.18. The van der Waals surface area contributed by atoms with Crippen LogP contribution in [0.15, 0.2) is 24.3 Å². The van der Waals surface area contributed by atoms with Gasteiger partial charge in [0.15, 0.2) is 0 Å². The molecule has 1 aliphatic heterocycles. The van der Waals surface area contributed by atoms with Crippen molar-refractivity contribution in [3.63, 3.8) is 0 Å². The molecule has 0 spiro atoms. The normalized spacial score (nSPS) is 17.3. The molecule has 1 aromatic rings. The number of benzene rings is 1. The molecule has 2 rings (SSSR count). The quantitative estimate of drug-likeness (QED) is 0.874. The Kier molecular flexibility index (Phi) is 6.52. The molecule has 1 aromatic carbocycles. The molecule has 0 aromatic heterocycles. The summed E-state index contributed by atoms with van der Waals surface area (Å²) in [5.41, 5.74) is 1.18. The van der Waals surface area contributed by atoms with Crippen LogP contribution in [0.1, 0.15) is 26.7 Å². The zero-order valence-corrected chi connectivity index (χ0v) is 14.3. The molecule has 0 radical (unpaired) electrons. The van der Waals surface area contributed by atoms with Crippen LogP contribution in [0.3, 0.4) is 0 Å². The fourth-order valence-corrected chi connectivity index (χ4v) is 2.80. The van der Waals surface area contributed by atoms with Crippen molar-refractivity contribution < 1.29 is 4.79 Å². The van der Waals surface area contributed by atoms with Crippen molar-refractivity contribution in [3.8, 4) is 0 Å². The van der Waals surface area contributed by atoms with Crippen LogP contribution in [-0.4, -0.2) is 49.6 Å². The number of halogens is 1. The van der Waals surface area contributed by atoms with Gasteiger partial charge in [0.25, 0.3) is 0 Å². The maximum Gasteiger partial charge on any atom is 0.221 e. The van der Waals surface area contributed by atoms with E-state index in [1.165, 1.54) is 5.69 Å². The van der Waals surface area contributed by atoms with Gasteiger partial charge in [0.05, 0.1) is 0 Å². The summed E-state index contributed by atoms with van der Waals surface area (Å²) in [6, 6.07) is 8.27. The Labute approximate surface area is 138 Å².